The van der Waals surface area contributed by atoms with E-state index in [0.717, 1.165) is 10.5 Å². The third-order valence-electron chi connectivity index (χ3n) is 5.75. The summed E-state index contributed by atoms with van der Waals surface area (Å²) in [5, 5.41) is 12.9. The molecule has 11 nitrogen and oxygen atoms in total. The quantitative estimate of drug-likeness (QED) is 0.159. The number of hydrogen-bond acceptors (Lipinski definition) is 9. The molecule has 1 fully saturated rings. The fraction of sp³-hybridized carbons (Fsp3) is 0.143. The number of anilines is 1. The number of carbonyl (C=O) groups excluding carboxylic acids is 4. The van der Waals surface area contributed by atoms with E-state index >= 15 is 0 Å². The Morgan fingerprint density at radius 3 is 2.38 bits per heavy atom. The molecule has 0 spiro atoms. The van der Waals surface area contributed by atoms with Gasteiger partial charge in [-0.1, -0.05) is 23.8 Å². The van der Waals surface area contributed by atoms with Crippen molar-refractivity contribution in [2.45, 2.75) is 6.92 Å². The third-order valence-corrected chi connectivity index (χ3v) is 6.66. The summed E-state index contributed by atoms with van der Waals surface area (Å²) in [4.78, 5) is 61.3. The largest absolute Gasteiger partial charge is 0.493 e. The summed E-state index contributed by atoms with van der Waals surface area (Å²) in [5.74, 6) is -0.915. The van der Waals surface area contributed by atoms with E-state index in [2.05, 4.69) is 5.32 Å². The number of aryl methyl sites for hydroxylation is 1. The van der Waals surface area contributed by atoms with Crippen LogP contribution in [0.3, 0.4) is 0 Å². The number of nitrogens with zero attached hydrogens (tertiary/aromatic N) is 2. The molecule has 3 amide bonds. The number of imide groups is 1. The van der Waals surface area contributed by atoms with E-state index in [4.69, 9.17) is 9.47 Å². The van der Waals surface area contributed by atoms with Gasteiger partial charge < -0.3 is 14.8 Å². The first kappa shape index (κ1) is 28.0. The van der Waals surface area contributed by atoms with E-state index in [1.54, 1.807) is 30.3 Å². The van der Waals surface area contributed by atoms with Gasteiger partial charge in [0.2, 0.25) is 0 Å². The van der Waals surface area contributed by atoms with Crippen LogP contribution in [0.4, 0.5) is 16.2 Å². The third kappa shape index (κ3) is 6.72. The van der Waals surface area contributed by atoms with Gasteiger partial charge in [0.1, 0.15) is 0 Å². The monoisotopic (exact) mass is 561 g/mol. The number of non-ortho nitro benzene ring substituents is 1. The van der Waals surface area contributed by atoms with Crippen LogP contribution in [0.5, 0.6) is 11.5 Å². The smallest absolute Gasteiger partial charge is 0.293 e. The number of rotatable bonds is 10. The second-order valence-corrected chi connectivity index (χ2v) is 9.60. The van der Waals surface area contributed by atoms with E-state index < -0.39 is 28.4 Å². The molecule has 1 aliphatic heterocycles. The van der Waals surface area contributed by atoms with Gasteiger partial charge in [-0.3, -0.25) is 34.2 Å². The lowest BCUT2D eigenvalue weighted by atomic mass is 10.1. The predicted molar refractivity (Wildman–Crippen MR) is 148 cm³/mol. The number of nitro benzene ring substituents is 1. The molecule has 0 unspecified atom stereocenters. The highest BCUT2D eigenvalue weighted by Gasteiger charge is 2.36. The number of benzene rings is 3. The lowest BCUT2D eigenvalue weighted by molar-refractivity contribution is -0.384. The average Bonchev–Trinajstić information content (AvgIpc) is 3.20. The van der Waals surface area contributed by atoms with Crippen molar-refractivity contribution < 1.29 is 33.6 Å². The van der Waals surface area contributed by atoms with Gasteiger partial charge in [0.25, 0.3) is 22.7 Å². The number of amides is 3. The Morgan fingerprint density at radius 2 is 1.73 bits per heavy atom. The lowest BCUT2D eigenvalue weighted by Crippen LogP contribution is -2.33. The molecule has 0 aliphatic carbocycles. The molecule has 0 aromatic heterocycles. The molecule has 1 saturated heterocycles. The van der Waals surface area contributed by atoms with Crippen molar-refractivity contribution in [3.8, 4) is 11.5 Å². The lowest BCUT2D eigenvalue weighted by Gasteiger charge is -2.12. The Labute approximate surface area is 232 Å². The zero-order valence-corrected chi connectivity index (χ0v) is 22.2. The zero-order chi connectivity index (χ0) is 28.8. The molecular weight excluding hydrogens is 538 g/mol. The number of methoxy groups -OCH3 is 1. The van der Waals surface area contributed by atoms with Crippen LogP contribution in [0.15, 0.2) is 71.6 Å². The Kier molecular flexibility index (Phi) is 8.60. The Bertz CT molecular complexity index is 1520. The van der Waals surface area contributed by atoms with Gasteiger partial charge in [-0.05, 0) is 66.7 Å². The van der Waals surface area contributed by atoms with E-state index in [-0.39, 0.29) is 28.7 Å². The Hall–Kier alpha value is -4.97. The number of hydrogen-bond donors (Lipinski definition) is 1. The second-order valence-electron chi connectivity index (χ2n) is 8.61. The Balaban J connectivity index is 1.40. The first-order valence-corrected chi connectivity index (χ1v) is 12.7. The van der Waals surface area contributed by atoms with Gasteiger partial charge in [0.05, 0.1) is 23.5 Å². The van der Waals surface area contributed by atoms with Crippen molar-refractivity contribution in [3.63, 3.8) is 0 Å². The number of carbonyl (C=O) groups is 4. The fourth-order valence-electron chi connectivity index (χ4n) is 3.66. The molecule has 0 bridgehead atoms. The Morgan fingerprint density at radius 1 is 1.02 bits per heavy atom. The maximum absolute atomic E-state index is 12.9. The summed E-state index contributed by atoms with van der Waals surface area (Å²) in [5.41, 5.74) is 2.20. The topological polar surface area (TPSA) is 145 Å². The van der Waals surface area contributed by atoms with Crippen LogP contribution in [-0.4, -0.2) is 52.9 Å². The zero-order valence-electron chi connectivity index (χ0n) is 21.4. The summed E-state index contributed by atoms with van der Waals surface area (Å²) in [7, 11) is 1.43. The molecule has 1 aliphatic rings. The normalized spacial score (nSPS) is 13.8. The standard InChI is InChI=1S/C28H23N3O8S/c1-17-3-8-20(9-4-17)29-26(33)16-39-23-12-5-18(13-24(23)38-2)14-25-27(34)30(28(35)40-25)15-22(32)19-6-10-21(11-7-19)31(36)37/h3-14H,15-16H2,1-2H3,(H,29,33)/b25-14+. The van der Waals surface area contributed by atoms with Crippen molar-refractivity contribution in [2.24, 2.45) is 0 Å². The van der Waals surface area contributed by atoms with Crippen molar-refractivity contribution in [2.75, 3.05) is 25.6 Å². The van der Waals surface area contributed by atoms with E-state index in [1.165, 1.54) is 37.5 Å². The maximum Gasteiger partial charge on any atom is 0.293 e. The van der Waals surface area contributed by atoms with Crippen molar-refractivity contribution in [1.82, 2.24) is 4.90 Å². The molecule has 0 radical (unpaired) electrons. The highest BCUT2D eigenvalue weighted by Crippen LogP contribution is 2.34. The number of ether oxygens (including phenoxy) is 2. The number of ketones is 1. The summed E-state index contributed by atoms with van der Waals surface area (Å²) in [6, 6.07) is 17.0. The average molecular weight is 562 g/mol. The predicted octanol–water partition coefficient (Wildman–Crippen LogP) is 4.85. The number of nitrogens with one attached hydrogen (secondary N) is 1. The van der Waals surface area contributed by atoms with Crippen LogP contribution in [0.1, 0.15) is 21.5 Å². The SMILES string of the molecule is COc1cc(/C=C2/SC(=O)N(CC(=O)c3ccc([N+](=O)[O-])cc3)C2=O)ccc1OCC(=O)Nc1ccc(C)cc1. The van der Waals surface area contributed by atoms with Crippen molar-refractivity contribution >= 4 is 52.0 Å². The molecule has 4 rings (SSSR count). The molecule has 40 heavy (non-hydrogen) atoms. The van der Waals surface area contributed by atoms with E-state index in [9.17, 15) is 29.3 Å². The van der Waals surface area contributed by atoms with Crippen molar-refractivity contribution in [3.05, 3.63) is 98.4 Å². The minimum absolute atomic E-state index is 0.106. The fourth-order valence-corrected chi connectivity index (χ4v) is 4.50. The molecule has 0 saturated carbocycles. The molecule has 1 heterocycles. The minimum Gasteiger partial charge on any atom is -0.493 e. The van der Waals surface area contributed by atoms with Crippen LogP contribution in [-0.2, 0) is 9.59 Å². The van der Waals surface area contributed by atoms with Crippen LogP contribution in [0.2, 0.25) is 0 Å². The van der Waals surface area contributed by atoms with Crippen LogP contribution in [0, 0.1) is 17.0 Å². The molecule has 3 aromatic carbocycles. The molecule has 3 aromatic rings. The first-order valence-electron chi connectivity index (χ1n) is 11.8. The molecule has 1 N–H and O–H groups in total. The molecule has 204 valence electrons. The van der Waals surface area contributed by atoms with Gasteiger partial charge in [0, 0.05) is 23.4 Å². The summed E-state index contributed by atoms with van der Waals surface area (Å²) >= 11 is 0.686. The van der Waals surface area contributed by atoms with Gasteiger partial charge in [-0.15, -0.1) is 0 Å². The van der Waals surface area contributed by atoms with Gasteiger partial charge in [-0.2, -0.15) is 0 Å². The van der Waals surface area contributed by atoms with E-state index in [0.29, 0.717) is 34.5 Å². The highest BCUT2D eigenvalue weighted by molar-refractivity contribution is 8.18. The number of nitro groups is 1. The molecule has 0 atom stereocenters. The molecule has 12 heteroatoms. The van der Waals surface area contributed by atoms with Crippen LogP contribution in [0.25, 0.3) is 6.08 Å². The highest BCUT2D eigenvalue weighted by atomic mass is 32.2. The second kappa shape index (κ2) is 12.3. The van der Waals surface area contributed by atoms with Crippen LogP contribution < -0.4 is 14.8 Å². The van der Waals surface area contributed by atoms with Gasteiger partial charge >= 0.3 is 0 Å². The van der Waals surface area contributed by atoms with Crippen molar-refractivity contribution in [1.29, 1.82) is 0 Å². The summed E-state index contributed by atoms with van der Waals surface area (Å²) < 4.78 is 11.0. The minimum atomic E-state index is -0.641. The first-order chi connectivity index (χ1) is 19.1. The van der Waals surface area contributed by atoms with Gasteiger partial charge in [-0.25, -0.2) is 0 Å². The van der Waals surface area contributed by atoms with Gasteiger partial charge in [0.15, 0.2) is 23.9 Å². The number of Topliss-reactive ketones (excluding diaryl/α,β-unsaturated/α-hetero) is 1. The van der Waals surface area contributed by atoms with Crippen LogP contribution >= 0.6 is 11.8 Å². The maximum atomic E-state index is 12.9. The summed E-state index contributed by atoms with van der Waals surface area (Å²) in [6.07, 6.45) is 1.48. The number of thioether (sulfide) groups is 1. The molecular formula is C28H23N3O8S. The summed E-state index contributed by atoms with van der Waals surface area (Å²) in [6.45, 7) is 1.19. The van der Waals surface area contributed by atoms with E-state index in [1.807, 2.05) is 19.1 Å².